The second-order valence-electron chi connectivity index (χ2n) is 3.63. The first-order valence-corrected chi connectivity index (χ1v) is 5.07. The lowest BCUT2D eigenvalue weighted by atomic mass is 10.0. The van der Waals surface area contributed by atoms with Gasteiger partial charge in [-0.25, -0.2) is 0 Å². The van der Waals surface area contributed by atoms with E-state index in [1.807, 2.05) is 0 Å². The maximum absolute atomic E-state index is 12.5. The van der Waals surface area contributed by atoms with Crippen LogP contribution in [-0.4, -0.2) is 13.6 Å². The van der Waals surface area contributed by atoms with Gasteiger partial charge in [0.25, 0.3) is 0 Å². The Morgan fingerprint density at radius 2 is 1.42 bits per heavy atom. The molecule has 0 amide bonds. The number of nitrogens with one attached hydrogen (secondary N) is 1. The molecular weight excluding hydrogens is 272 g/mol. The molecule has 0 spiro atoms. The molecule has 0 fully saturated rings. The molecule has 0 unspecified atom stereocenters. The summed E-state index contributed by atoms with van der Waals surface area (Å²) in [5.74, 6) is 4.67. The Hall–Kier alpha value is -1.68. The molecule has 1 aromatic rings. The van der Waals surface area contributed by atoms with Crippen molar-refractivity contribution in [1.82, 2.24) is 5.32 Å². The summed E-state index contributed by atoms with van der Waals surface area (Å²) in [4.78, 5) is 0. The quantitative estimate of drug-likeness (QED) is 0.615. The van der Waals surface area contributed by atoms with Crippen LogP contribution >= 0.6 is 0 Å². The minimum atomic E-state index is -4.85. The fraction of sp³-hybridized carbons (Fsp3) is 0.333. The van der Waals surface area contributed by atoms with E-state index >= 15 is 0 Å². The number of alkyl halides is 6. The number of halogens is 6. The molecule has 7 heteroatoms. The fourth-order valence-electron chi connectivity index (χ4n) is 1.26. The lowest BCUT2D eigenvalue weighted by Gasteiger charge is -2.12. The average molecular weight is 281 g/mol. The van der Waals surface area contributed by atoms with Gasteiger partial charge in [0.1, 0.15) is 0 Å². The van der Waals surface area contributed by atoms with E-state index in [4.69, 9.17) is 0 Å². The van der Waals surface area contributed by atoms with Crippen LogP contribution in [0.25, 0.3) is 0 Å². The van der Waals surface area contributed by atoms with Crippen molar-refractivity contribution in [3.63, 3.8) is 0 Å². The van der Waals surface area contributed by atoms with Crippen molar-refractivity contribution < 1.29 is 26.3 Å². The van der Waals surface area contributed by atoms with E-state index in [0.717, 1.165) is 0 Å². The highest BCUT2D eigenvalue weighted by molar-refractivity contribution is 5.42. The van der Waals surface area contributed by atoms with Gasteiger partial charge in [0.15, 0.2) is 0 Å². The zero-order valence-corrected chi connectivity index (χ0v) is 9.71. The molecule has 0 aliphatic heterocycles. The largest absolute Gasteiger partial charge is 0.416 e. The summed E-state index contributed by atoms with van der Waals surface area (Å²) in [5.41, 5.74) is -3.05. The third kappa shape index (κ3) is 4.48. The van der Waals surface area contributed by atoms with E-state index < -0.39 is 23.5 Å². The van der Waals surface area contributed by atoms with Gasteiger partial charge in [0.05, 0.1) is 17.7 Å². The molecule has 104 valence electrons. The number of benzene rings is 1. The summed E-state index contributed by atoms with van der Waals surface area (Å²) < 4.78 is 75.0. The average Bonchev–Trinajstić information content (AvgIpc) is 2.27. The standard InChI is InChI=1S/C12H9F6N/c1-19-4-2-3-8-5-9(11(13,14)15)7-10(6-8)12(16,17)18/h5-7,19H,4H2,1H3. The minimum Gasteiger partial charge on any atom is -0.309 e. The summed E-state index contributed by atoms with van der Waals surface area (Å²) in [5, 5.41) is 2.61. The number of rotatable bonds is 1. The lowest BCUT2D eigenvalue weighted by Crippen LogP contribution is -2.11. The van der Waals surface area contributed by atoms with Gasteiger partial charge in [0.2, 0.25) is 0 Å². The van der Waals surface area contributed by atoms with Crippen LogP contribution in [-0.2, 0) is 12.4 Å². The molecule has 0 radical (unpaired) electrons. The maximum atomic E-state index is 12.5. The van der Waals surface area contributed by atoms with Crippen LogP contribution in [0.5, 0.6) is 0 Å². The second kappa shape index (κ2) is 5.53. The van der Waals surface area contributed by atoms with Crippen LogP contribution in [0.15, 0.2) is 18.2 Å². The Kier molecular flexibility index (Phi) is 4.48. The van der Waals surface area contributed by atoms with E-state index in [-0.39, 0.29) is 18.2 Å². The zero-order valence-electron chi connectivity index (χ0n) is 9.71. The predicted octanol–water partition coefficient (Wildman–Crippen LogP) is 3.30. The topological polar surface area (TPSA) is 12.0 Å². The molecule has 1 aromatic carbocycles. The molecule has 0 aliphatic rings. The van der Waals surface area contributed by atoms with E-state index in [1.54, 1.807) is 7.05 Å². The molecular formula is C12H9F6N. The molecule has 1 nitrogen and oxygen atoms in total. The molecule has 19 heavy (non-hydrogen) atoms. The summed E-state index contributed by atoms with van der Waals surface area (Å²) in [6, 6.07) is 1.26. The van der Waals surface area contributed by atoms with Crippen LogP contribution in [0, 0.1) is 11.8 Å². The van der Waals surface area contributed by atoms with Crippen molar-refractivity contribution in [1.29, 1.82) is 0 Å². The summed E-state index contributed by atoms with van der Waals surface area (Å²) in [7, 11) is 1.56. The third-order valence-corrected chi connectivity index (χ3v) is 2.09. The summed E-state index contributed by atoms with van der Waals surface area (Å²) in [6.45, 7) is 0.164. The van der Waals surface area contributed by atoms with Gasteiger partial charge >= 0.3 is 12.4 Å². The van der Waals surface area contributed by atoms with Crippen molar-refractivity contribution in [2.24, 2.45) is 0 Å². The van der Waals surface area contributed by atoms with Gasteiger partial charge < -0.3 is 5.32 Å². The van der Waals surface area contributed by atoms with Crippen molar-refractivity contribution >= 4 is 0 Å². The van der Waals surface area contributed by atoms with E-state index in [9.17, 15) is 26.3 Å². The van der Waals surface area contributed by atoms with Crippen LogP contribution in [0.2, 0.25) is 0 Å². The Balaban J connectivity index is 3.30. The van der Waals surface area contributed by atoms with Crippen molar-refractivity contribution in [2.75, 3.05) is 13.6 Å². The summed E-state index contributed by atoms with van der Waals surface area (Å²) in [6.07, 6.45) is -9.69. The highest BCUT2D eigenvalue weighted by Crippen LogP contribution is 2.36. The fourth-order valence-corrected chi connectivity index (χ4v) is 1.26. The Bertz CT molecular complexity index is 471. The number of hydrogen-bond acceptors (Lipinski definition) is 1. The normalized spacial score (nSPS) is 11.9. The SMILES string of the molecule is CNCC#Cc1cc(C(F)(F)F)cc(C(F)(F)F)c1. The monoisotopic (exact) mass is 281 g/mol. The van der Waals surface area contributed by atoms with Gasteiger partial charge in [0, 0.05) is 5.56 Å². The Morgan fingerprint density at radius 3 is 1.79 bits per heavy atom. The highest BCUT2D eigenvalue weighted by Gasteiger charge is 2.36. The molecule has 0 saturated carbocycles. The lowest BCUT2D eigenvalue weighted by molar-refractivity contribution is -0.143. The van der Waals surface area contributed by atoms with Gasteiger partial charge in [-0.1, -0.05) is 11.8 Å². The van der Waals surface area contributed by atoms with Gasteiger partial charge in [-0.15, -0.1) is 0 Å². The van der Waals surface area contributed by atoms with Crippen LogP contribution in [0.3, 0.4) is 0 Å². The van der Waals surface area contributed by atoms with Gasteiger partial charge in [-0.3, -0.25) is 0 Å². The molecule has 0 aliphatic carbocycles. The highest BCUT2D eigenvalue weighted by atomic mass is 19.4. The first-order valence-electron chi connectivity index (χ1n) is 5.07. The predicted molar refractivity (Wildman–Crippen MR) is 57.3 cm³/mol. The molecule has 0 atom stereocenters. The van der Waals surface area contributed by atoms with Crippen LogP contribution < -0.4 is 5.32 Å². The first-order chi connectivity index (χ1) is 8.64. The molecule has 1 N–H and O–H groups in total. The number of hydrogen-bond donors (Lipinski definition) is 1. The minimum absolute atomic E-state index is 0.0727. The molecule has 0 heterocycles. The van der Waals surface area contributed by atoms with Crippen LogP contribution in [0.1, 0.15) is 16.7 Å². The van der Waals surface area contributed by atoms with E-state index in [0.29, 0.717) is 12.1 Å². The molecule has 1 rings (SSSR count). The van der Waals surface area contributed by atoms with Crippen molar-refractivity contribution in [3.05, 3.63) is 34.9 Å². The Morgan fingerprint density at radius 1 is 0.947 bits per heavy atom. The first kappa shape index (κ1) is 15.4. The third-order valence-electron chi connectivity index (χ3n) is 2.09. The van der Waals surface area contributed by atoms with Crippen molar-refractivity contribution in [3.8, 4) is 11.8 Å². The second-order valence-corrected chi connectivity index (χ2v) is 3.63. The smallest absolute Gasteiger partial charge is 0.309 e. The van der Waals surface area contributed by atoms with Crippen molar-refractivity contribution in [2.45, 2.75) is 12.4 Å². The summed E-state index contributed by atoms with van der Waals surface area (Å²) >= 11 is 0. The maximum Gasteiger partial charge on any atom is 0.416 e. The van der Waals surface area contributed by atoms with Crippen LogP contribution in [0.4, 0.5) is 26.3 Å². The molecule has 0 bridgehead atoms. The van der Waals surface area contributed by atoms with E-state index in [2.05, 4.69) is 17.2 Å². The molecule has 0 aromatic heterocycles. The zero-order chi connectivity index (χ0) is 14.7. The van der Waals surface area contributed by atoms with Gasteiger partial charge in [-0.05, 0) is 25.2 Å². The Labute approximate surface area is 105 Å². The molecule has 0 saturated heterocycles. The van der Waals surface area contributed by atoms with Gasteiger partial charge in [-0.2, -0.15) is 26.3 Å². The van der Waals surface area contributed by atoms with E-state index in [1.165, 1.54) is 0 Å².